The Labute approximate surface area is 134 Å². The largest absolute Gasteiger partial charge is 0.330 e. The zero-order valence-electron chi connectivity index (χ0n) is 11.7. The lowest BCUT2D eigenvalue weighted by Crippen LogP contribution is -2.63. The van der Waals surface area contributed by atoms with Gasteiger partial charge in [0.05, 0.1) is 5.54 Å². The summed E-state index contributed by atoms with van der Waals surface area (Å²) in [4.78, 5) is 15.1. The zero-order chi connectivity index (χ0) is 14.0. The average Bonchev–Trinajstić information content (AvgIpc) is 2.48. The number of carbonyl (C=O) groups is 1. The van der Waals surface area contributed by atoms with Crippen molar-refractivity contribution in [3.8, 4) is 0 Å². The zero-order valence-corrected chi connectivity index (χ0v) is 13.9. The van der Waals surface area contributed by atoms with Crippen molar-refractivity contribution in [3.63, 3.8) is 0 Å². The van der Waals surface area contributed by atoms with E-state index in [1.807, 2.05) is 24.3 Å². The minimum atomic E-state index is 0.0643. The predicted octanol–water partition coefficient (Wildman–Crippen LogP) is 3.04. The molecule has 0 aromatic heterocycles. The molecule has 1 aliphatic heterocycles. The van der Waals surface area contributed by atoms with E-state index in [0.717, 1.165) is 41.6 Å². The maximum atomic E-state index is 12.9. The van der Waals surface area contributed by atoms with Gasteiger partial charge in [-0.05, 0) is 53.6 Å². The first-order valence-electron chi connectivity index (χ1n) is 7.50. The van der Waals surface area contributed by atoms with Crippen LogP contribution in [0.15, 0.2) is 24.3 Å². The second-order valence-electron chi connectivity index (χ2n) is 5.93. The maximum absolute atomic E-state index is 12.9. The van der Waals surface area contributed by atoms with Crippen LogP contribution in [0.5, 0.6) is 0 Å². The van der Waals surface area contributed by atoms with Crippen molar-refractivity contribution in [2.75, 3.05) is 19.6 Å². The van der Waals surface area contributed by atoms with E-state index < -0.39 is 0 Å². The highest BCUT2D eigenvalue weighted by Crippen LogP contribution is 2.35. The highest BCUT2D eigenvalue weighted by atomic mass is 127. The molecule has 4 heteroatoms. The van der Waals surface area contributed by atoms with Crippen LogP contribution in [0.2, 0.25) is 0 Å². The molecule has 1 N–H and O–H groups in total. The fourth-order valence-electron chi connectivity index (χ4n) is 3.60. The Hall–Kier alpha value is -0.620. The summed E-state index contributed by atoms with van der Waals surface area (Å²) in [5.41, 5.74) is 0.901. The molecule has 1 saturated carbocycles. The molecule has 2 aliphatic rings. The van der Waals surface area contributed by atoms with Gasteiger partial charge < -0.3 is 10.2 Å². The van der Waals surface area contributed by atoms with Crippen molar-refractivity contribution in [2.24, 2.45) is 0 Å². The Balaban J connectivity index is 1.87. The summed E-state index contributed by atoms with van der Waals surface area (Å²) >= 11 is 2.27. The first-order chi connectivity index (χ1) is 9.71. The summed E-state index contributed by atoms with van der Waals surface area (Å²) in [6.45, 7) is 2.71. The molecule has 1 saturated heterocycles. The average molecular weight is 384 g/mol. The molecule has 0 bridgehead atoms. The van der Waals surface area contributed by atoms with Crippen LogP contribution < -0.4 is 5.32 Å². The molecule has 0 atom stereocenters. The van der Waals surface area contributed by atoms with E-state index >= 15 is 0 Å². The molecule has 1 aromatic carbocycles. The molecule has 1 aromatic rings. The van der Waals surface area contributed by atoms with E-state index in [-0.39, 0.29) is 11.4 Å². The minimum Gasteiger partial charge on any atom is -0.330 e. The third-order valence-electron chi connectivity index (χ3n) is 4.64. The molecule has 1 aliphatic carbocycles. The molecule has 20 heavy (non-hydrogen) atoms. The third kappa shape index (κ3) is 2.72. The summed E-state index contributed by atoms with van der Waals surface area (Å²) < 4.78 is 1.13. The van der Waals surface area contributed by atoms with Gasteiger partial charge in [0.15, 0.2) is 0 Å². The summed E-state index contributed by atoms with van der Waals surface area (Å²) in [6.07, 6.45) is 6.11. The molecule has 1 amide bonds. The summed E-state index contributed by atoms with van der Waals surface area (Å²) in [5, 5.41) is 3.50. The monoisotopic (exact) mass is 384 g/mol. The number of amides is 1. The highest BCUT2D eigenvalue weighted by molar-refractivity contribution is 14.1. The van der Waals surface area contributed by atoms with E-state index in [1.54, 1.807) is 0 Å². The molecule has 0 unspecified atom stereocenters. The lowest BCUT2D eigenvalue weighted by molar-refractivity contribution is 0.0222. The van der Waals surface area contributed by atoms with Crippen LogP contribution in [0.25, 0.3) is 0 Å². The Morgan fingerprint density at radius 2 is 2.05 bits per heavy atom. The molecule has 3 nitrogen and oxygen atoms in total. The second kappa shape index (κ2) is 6.02. The van der Waals surface area contributed by atoms with Crippen LogP contribution in [0.1, 0.15) is 42.5 Å². The number of nitrogens with zero attached hydrogens (tertiary/aromatic N) is 1. The number of nitrogens with one attached hydrogen (secondary N) is 1. The molecule has 1 heterocycles. The third-order valence-corrected chi connectivity index (χ3v) is 5.31. The number of rotatable bonds is 1. The van der Waals surface area contributed by atoms with Crippen molar-refractivity contribution in [3.05, 3.63) is 33.4 Å². The Morgan fingerprint density at radius 1 is 1.25 bits per heavy atom. The first kappa shape index (κ1) is 14.3. The standard InChI is InChI=1S/C16H21IN2O/c17-14-6-4-5-13(11-14)15(20)19-10-9-18-12-16(19)7-2-1-3-8-16/h4-6,11,18H,1-3,7-10,12H2. The number of hydrogen-bond acceptors (Lipinski definition) is 2. The molecule has 1 spiro atoms. The molecule has 108 valence electrons. The summed E-state index contributed by atoms with van der Waals surface area (Å²) in [6, 6.07) is 7.96. The Kier molecular flexibility index (Phi) is 4.31. The number of benzene rings is 1. The normalized spacial score (nSPS) is 21.9. The quantitative estimate of drug-likeness (QED) is 0.755. The summed E-state index contributed by atoms with van der Waals surface area (Å²) in [5.74, 6) is 0.215. The lowest BCUT2D eigenvalue weighted by Gasteiger charge is -2.49. The number of piperazine rings is 1. The number of carbonyl (C=O) groups excluding carboxylic acids is 1. The fourth-order valence-corrected chi connectivity index (χ4v) is 4.14. The number of halogens is 1. The molecule has 3 rings (SSSR count). The first-order valence-corrected chi connectivity index (χ1v) is 8.57. The number of hydrogen-bond donors (Lipinski definition) is 1. The molecular formula is C16H21IN2O. The van der Waals surface area contributed by atoms with Crippen molar-refractivity contribution >= 4 is 28.5 Å². The van der Waals surface area contributed by atoms with Gasteiger partial charge in [0.2, 0.25) is 0 Å². The molecule has 0 radical (unpaired) electrons. The van der Waals surface area contributed by atoms with Gasteiger partial charge in [0.25, 0.3) is 5.91 Å². The van der Waals surface area contributed by atoms with Gasteiger partial charge in [0, 0.05) is 28.8 Å². The molecular weight excluding hydrogens is 363 g/mol. The van der Waals surface area contributed by atoms with E-state index in [1.165, 1.54) is 19.3 Å². The SMILES string of the molecule is O=C(c1cccc(I)c1)N1CCNCC12CCCCC2. The van der Waals surface area contributed by atoms with Gasteiger partial charge in [-0.2, -0.15) is 0 Å². The van der Waals surface area contributed by atoms with E-state index in [0.29, 0.717) is 0 Å². The van der Waals surface area contributed by atoms with Gasteiger partial charge in [-0.25, -0.2) is 0 Å². The summed E-state index contributed by atoms with van der Waals surface area (Å²) in [7, 11) is 0. The van der Waals surface area contributed by atoms with Crippen LogP contribution in [0.4, 0.5) is 0 Å². The smallest absolute Gasteiger partial charge is 0.254 e. The Morgan fingerprint density at radius 3 is 2.80 bits per heavy atom. The fraction of sp³-hybridized carbons (Fsp3) is 0.562. The van der Waals surface area contributed by atoms with Crippen molar-refractivity contribution < 1.29 is 4.79 Å². The van der Waals surface area contributed by atoms with Gasteiger partial charge in [-0.3, -0.25) is 4.79 Å². The second-order valence-corrected chi connectivity index (χ2v) is 7.17. The van der Waals surface area contributed by atoms with Crippen LogP contribution >= 0.6 is 22.6 Å². The maximum Gasteiger partial charge on any atom is 0.254 e. The van der Waals surface area contributed by atoms with Crippen LogP contribution in [-0.2, 0) is 0 Å². The van der Waals surface area contributed by atoms with Gasteiger partial charge >= 0.3 is 0 Å². The van der Waals surface area contributed by atoms with Gasteiger partial charge in [-0.1, -0.05) is 25.3 Å². The van der Waals surface area contributed by atoms with E-state index in [2.05, 4.69) is 32.8 Å². The minimum absolute atomic E-state index is 0.0643. The van der Waals surface area contributed by atoms with E-state index in [4.69, 9.17) is 0 Å². The van der Waals surface area contributed by atoms with E-state index in [9.17, 15) is 4.79 Å². The predicted molar refractivity (Wildman–Crippen MR) is 88.9 cm³/mol. The Bertz CT molecular complexity index is 489. The van der Waals surface area contributed by atoms with Crippen LogP contribution in [0.3, 0.4) is 0 Å². The highest BCUT2D eigenvalue weighted by Gasteiger charge is 2.42. The van der Waals surface area contributed by atoms with Crippen molar-refractivity contribution in [2.45, 2.75) is 37.6 Å². The molecule has 2 fully saturated rings. The van der Waals surface area contributed by atoms with Crippen molar-refractivity contribution in [1.29, 1.82) is 0 Å². The van der Waals surface area contributed by atoms with Crippen LogP contribution in [0, 0.1) is 3.57 Å². The van der Waals surface area contributed by atoms with Gasteiger partial charge in [0.1, 0.15) is 0 Å². The topological polar surface area (TPSA) is 32.3 Å². The van der Waals surface area contributed by atoms with Crippen LogP contribution in [-0.4, -0.2) is 36.0 Å². The van der Waals surface area contributed by atoms with Gasteiger partial charge in [-0.15, -0.1) is 0 Å². The van der Waals surface area contributed by atoms with Crippen molar-refractivity contribution in [1.82, 2.24) is 10.2 Å². The lowest BCUT2D eigenvalue weighted by atomic mass is 9.78.